The van der Waals surface area contributed by atoms with Gasteiger partial charge in [-0.05, 0) is 54.8 Å². The molecular weight excluding hydrogens is 383 g/mol. The van der Waals surface area contributed by atoms with Crippen LogP contribution in [0.25, 0.3) is 0 Å². The van der Waals surface area contributed by atoms with Gasteiger partial charge in [-0.2, -0.15) is 4.31 Å². The number of hydrogen-bond acceptors (Lipinski definition) is 4. The molecule has 1 aliphatic rings. The first-order chi connectivity index (χ1) is 13.4. The number of amides is 1. The maximum Gasteiger partial charge on any atom is 0.243 e. The zero-order valence-electron chi connectivity index (χ0n) is 15.6. The number of carbonyl (C=O) groups excluding carboxylic acids is 1. The van der Waals surface area contributed by atoms with E-state index in [-0.39, 0.29) is 23.9 Å². The molecule has 1 fully saturated rings. The molecule has 1 N–H and O–H groups in total. The van der Waals surface area contributed by atoms with Crippen LogP contribution in [-0.2, 0) is 21.4 Å². The van der Waals surface area contributed by atoms with E-state index in [0.29, 0.717) is 18.6 Å². The van der Waals surface area contributed by atoms with Crippen molar-refractivity contribution >= 4 is 15.9 Å². The van der Waals surface area contributed by atoms with Crippen molar-refractivity contribution in [1.29, 1.82) is 0 Å². The number of sulfonamides is 1. The molecule has 0 spiro atoms. The quantitative estimate of drug-likeness (QED) is 0.800. The van der Waals surface area contributed by atoms with Crippen LogP contribution >= 0.6 is 0 Å². The molecule has 0 bridgehead atoms. The predicted molar refractivity (Wildman–Crippen MR) is 103 cm³/mol. The van der Waals surface area contributed by atoms with E-state index in [4.69, 9.17) is 4.74 Å². The third kappa shape index (κ3) is 4.51. The summed E-state index contributed by atoms with van der Waals surface area (Å²) in [5.41, 5.74) is 0.858. The lowest BCUT2D eigenvalue weighted by atomic mass is 10.0. The first kappa shape index (κ1) is 20.3. The zero-order valence-corrected chi connectivity index (χ0v) is 16.4. The van der Waals surface area contributed by atoms with Crippen LogP contribution in [0.3, 0.4) is 0 Å². The summed E-state index contributed by atoms with van der Waals surface area (Å²) in [6.07, 6.45) is 1.90. The van der Waals surface area contributed by atoms with Gasteiger partial charge < -0.3 is 10.1 Å². The highest BCUT2D eigenvalue weighted by Gasteiger charge is 2.37. The number of benzene rings is 2. The van der Waals surface area contributed by atoms with Gasteiger partial charge in [0.1, 0.15) is 17.6 Å². The van der Waals surface area contributed by atoms with Gasteiger partial charge in [0.15, 0.2) is 0 Å². The van der Waals surface area contributed by atoms with Gasteiger partial charge >= 0.3 is 0 Å². The van der Waals surface area contributed by atoms with E-state index in [0.717, 1.165) is 24.1 Å². The Bertz CT molecular complexity index is 931. The summed E-state index contributed by atoms with van der Waals surface area (Å²) in [5.74, 6) is -0.164. The lowest BCUT2D eigenvalue weighted by molar-refractivity contribution is -0.125. The number of hydrogen-bond donors (Lipinski definition) is 1. The first-order valence-electron chi connectivity index (χ1n) is 9.10. The van der Waals surface area contributed by atoms with E-state index in [1.165, 1.54) is 16.4 Å². The highest BCUT2D eigenvalue weighted by atomic mass is 32.2. The Hall–Kier alpha value is -2.45. The van der Waals surface area contributed by atoms with Crippen LogP contribution in [0.2, 0.25) is 0 Å². The van der Waals surface area contributed by atoms with Crippen molar-refractivity contribution in [3.05, 3.63) is 59.9 Å². The van der Waals surface area contributed by atoms with Crippen LogP contribution in [0.15, 0.2) is 53.4 Å². The summed E-state index contributed by atoms with van der Waals surface area (Å²) in [5, 5.41) is 2.82. The molecule has 0 unspecified atom stereocenters. The summed E-state index contributed by atoms with van der Waals surface area (Å²) in [7, 11) is -2.31. The van der Waals surface area contributed by atoms with Crippen LogP contribution in [-0.4, -0.2) is 38.3 Å². The normalized spacial score (nSPS) is 17.9. The van der Waals surface area contributed by atoms with Crippen LogP contribution in [0.5, 0.6) is 5.75 Å². The molecule has 8 heteroatoms. The van der Waals surface area contributed by atoms with E-state index >= 15 is 0 Å². The Morgan fingerprint density at radius 2 is 1.96 bits per heavy atom. The molecule has 2 aromatic carbocycles. The minimum Gasteiger partial charge on any atom is -0.497 e. The van der Waals surface area contributed by atoms with E-state index in [1.807, 2.05) is 24.3 Å². The van der Waals surface area contributed by atoms with Gasteiger partial charge in [-0.1, -0.05) is 18.6 Å². The molecule has 1 saturated heterocycles. The molecule has 1 aliphatic heterocycles. The van der Waals surface area contributed by atoms with Crippen molar-refractivity contribution in [3.8, 4) is 5.75 Å². The minimum atomic E-state index is -3.88. The molecule has 150 valence electrons. The number of methoxy groups -OCH3 is 1. The average Bonchev–Trinajstić information content (AvgIpc) is 2.72. The Kier molecular flexibility index (Phi) is 6.31. The lowest BCUT2D eigenvalue weighted by Gasteiger charge is -2.33. The Balaban J connectivity index is 1.74. The van der Waals surface area contributed by atoms with Crippen LogP contribution in [0.1, 0.15) is 24.8 Å². The second-order valence-electron chi connectivity index (χ2n) is 6.65. The summed E-state index contributed by atoms with van der Waals surface area (Å²) >= 11 is 0. The molecule has 28 heavy (non-hydrogen) atoms. The van der Waals surface area contributed by atoms with Gasteiger partial charge in [0.05, 0.1) is 12.0 Å². The monoisotopic (exact) mass is 406 g/mol. The van der Waals surface area contributed by atoms with Crippen LogP contribution in [0.4, 0.5) is 4.39 Å². The van der Waals surface area contributed by atoms with Gasteiger partial charge in [-0.3, -0.25) is 4.79 Å². The molecule has 2 aromatic rings. The van der Waals surface area contributed by atoms with Gasteiger partial charge in [-0.15, -0.1) is 0 Å². The second-order valence-corrected chi connectivity index (χ2v) is 8.54. The third-order valence-corrected chi connectivity index (χ3v) is 6.70. The minimum absolute atomic E-state index is 0.0126. The number of ether oxygens (including phenoxy) is 1. The number of nitrogens with one attached hydrogen (secondary N) is 1. The Morgan fingerprint density at radius 1 is 1.21 bits per heavy atom. The molecule has 3 rings (SSSR count). The Labute approximate surface area is 164 Å². The van der Waals surface area contributed by atoms with Crippen LogP contribution in [0, 0.1) is 5.82 Å². The maximum atomic E-state index is 13.2. The van der Waals surface area contributed by atoms with Crippen molar-refractivity contribution in [3.63, 3.8) is 0 Å². The fourth-order valence-electron chi connectivity index (χ4n) is 3.29. The SMILES string of the molecule is COc1cccc(CNC(=O)[C@@H]2CCCCN2S(=O)(=O)c2ccc(F)cc2)c1. The van der Waals surface area contributed by atoms with Gasteiger partial charge in [0, 0.05) is 13.1 Å². The summed E-state index contributed by atoms with van der Waals surface area (Å²) < 4.78 is 45.5. The predicted octanol–water partition coefficient (Wildman–Crippen LogP) is 2.69. The van der Waals surface area contributed by atoms with Crippen molar-refractivity contribution in [1.82, 2.24) is 9.62 Å². The largest absolute Gasteiger partial charge is 0.497 e. The maximum absolute atomic E-state index is 13.2. The fraction of sp³-hybridized carbons (Fsp3) is 0.350. The molecule has 6 nitrogen and oxygen atoms in total. The van der Waals surface area contributed by atoms with E-state index in [1.54, 1.807) is 7.11 Å². The summed E-state index contributed by atoms with van der Waals surface area (Å²) in [4.78, 5) is 12.7. The van der Waals surface area contributed by atoms with Crippen LogP contribution < -0.4 is 10.1 Å². The number of piperidine rings is 1. The molecular formula is C20H23FN2O4S. The van der Waals surface area contributed by atoms with Crippen molar-refractivity contribution in [2.24, 2.45) is 0 Å². The number of carbonyl (C=O) groups is 1. The zero-order chi connectivity index (χ0) is 20.1. The lowest BCUT2D eigenvalue weighted by Crippen LogP contribution is -2.51. The fourth-order valence-corrected chi connectivity index (χ4v) is 4.94. The molecule has 0 radical (unpaired) electrons. The second kappa shape index (κ2) is 8.70. The topological polar surface area (TPSA) is 75.7 Å². The smallest absolute Gasteiger partial charge is 0.243 e. The highest BCUT2D eigenvalue weighted by molar-refractivity contribution is 7.89. The van der Waals surface area contributed by atoms with Gasteiger partial charge in [-0.25, -0.2) is 12.8 Å². The van der Waals surface area contributed by atoms with Gasteiger partial charge in [0.2, 0.25) is 15.9 Å². The van der Waals surface area contributed by atoms with Crippen molar-refractivity contribution < 1.29 is 22.3 Å². The number of nitrogens with zero attached hydrogens (tertiary/aromatic N) is 1. The van der Waals surface area contributed by atoms with E-state index in [2.05, 4.69) is 5.32 Å². The molecule has 1 amide bonds. The molecule has 0 aliphatic carbocycles. The molecule has 0 saturated carbocycles. The first-order valence-corrected chi connectivity index (χ1v) is 10.5. The highest BCUT2D eigenvalue weighted by Crippen LogP contribution is 2.26. The average molecular weight is 406 g/mol. The van der Waals surface area contributed by atoms with Gasteiger partial charge in [0.25, 0.3) is 0 Å². The van der Waals surface area contributed by atoms with E-state index < -0.39 is 21.9 Å². The Morgan fingerprint density at radius 3 is 2.68 bits per heavy atom. The van der Waals surface area contributed by atoms with Crippen molar-refractivity contribution in [2.45, 2.75) is 36.7 Å². The van der Waals surface area contributed by atoms with E-state index in [9.17, 15) is 17.6 Å². The molecule has 0 aromatic heterocycles. The standard InChI is InChI=1S/C20H23FN2O4S/c1-27-17-6-4-5-15(13-17)14-22-20(24)19-7-2-3-12-23(19)28(25,26)18-10-8-16(21)9-11-18/h4-6,8-11,13,19H,2-3,7,12,14H2,1H3,(H,22,24)/t19-/m0/s1. The summed E-state index contributed by atoms with van der Waals surface area (Å²) in [6.45, 7) is 0.536. The third-order valence-electron chi connectivity index (χ3n) is 4.78. The molecule has 1 heterocycles. The van der Waals surface area contributed by atoms with Crippen molar-refractivity contribution in [2.75, 3.05) is 13.7 Å². The summed E-state index contributed by atoms with van der Waals surface area (Å²) in [6, 6.07) is 11.2. The number of halogens is 1. The number of rotatable bonds is 6. The molecule has 1 atom stereocenters.